The smallest absolute Gasteiger partial charge is 0.170 e. The highest BCUT2D eigenvalue weighted by Crippen LogP contribution is 2.33. The van der Waals surface area contributed by atoms with Crippen molar-refractivity contribution >= 4 is 17.4 Å². The Hall–Kier alpha value is -1.94. The molecular weight excluding hydrogens is 264 g/mol. The monoisotopic (exact) mass is 274 g/mol. The van der Waals surface area contributed by atoms with Crippen molar-refractivity contribution in [3.63, 3.8) is 0 Å². The van der Waals surface area contributed by atoms with Gasteiger partial charge in [0.2, 0.25) is 0 Å². The van der Waals surface area contributed by atoms with Crippen LogP contribution in [0.4, 0.5) is 0 Å². The summed E-state index contributed by atoms with van der Waals surface area (Å²) < 4.78 is 5.58. The lowest BCUT2D eigenvalue weighted by molar-refractivity contribution is 0.0991. The molecule has 0 radical (unpaired) electrons. The van der Waals surface area contributed by atoms with Crippen molar-refractivity contribution in [3.05, 3.63) is 52.6 Å². The highest BCUT2D eigenvalue weighted by atomic mass is 35.5. The van der Waals surface area contributed by atoms with Crippen LogP contribution in [0.1, 0.15) is 21.5 Å². The van der Waals surface area contributed by atoms with Gasteiger partial charge in [0, 0.05) is 35.8 Å². The van der Waals surface area contributed by atoms with E-state index in [1.807, 2.05) is 6.07 Å². The number of rotatable bonds is 3. The van der Waals surface area contributed by atoms with Crippen molar-refractivity contribution < 1.29 is 9.53 Å². The number of hydrogen-bond donors (Lipinski definition) is 0. The van der Waals surface area contributed by atoms with E-state index in [4.69, 9.17) is 16.3 Å². The first kappa shape index (κ1) is 12.1. The maximum Gasteiger partial charge on any atom is 0.170 e. The average molecular weight is 275 g/mol. The van der Waals surface area contributed by atoms with Crippen LogP contribution in [0, 0.1) is 0 Å². The van der Waals surface area contributed by atoms with Crippen LogP contribution in [-0.2, 0) is 12.8 Å². The Kier molecular flexibility index (Phi) is 3.17. The number of carbonyl (C=O) groups excluding carboxylic acids is 1. The highest BCUT2D eigenvalue weighted by Gasteiger charge is 2.19. The Morgan fingerprint density at radius 2 is 2.11 bits per heavy atom. The van der Waals surface area contributed by atoms with Crippen molar-refractivity contribution in [2.24, 2.45) is 0 Å². The Labute approximate surface area is 115 Å². The molecule has 3 rings (SSSR count). The minimum atomic E-state index is -0.0411. The Bertz CT molecular complexity index is 629. The molecule has 1 aliphatic rings. The predicted octanol–water partition coefficient (Wildman–Crippen LogP) is 2.49. The number of hydrogen-bond acceptors (Lipinski definition) is 4. The molecule has 0 bridgehead atoms. The maximum absolute atomic E-state index is 12.1. The molecule has 0 atom stereocenters. The van der Waals surface area contributed by atoms with Crippen LogP contribution in [0.5, 0.6) is 5.75 Å². The third-order valence-electron chi connectivity index (χ3n) is 3.06. The molecule has 0 unspecified atom stereocenters. The van der Waals surface area contributed by atoms with E-state index in [9.17, 15) is 4.79 Å². The summed E-state index contributed by atoms with van der Waals surface area (Å²) in [7, 11) is 0. The lowest BCUT2D eigenvalue weighted by atomic mass is 10.0. The van der Waals surface area contributed by atoms with Crippen LogP contribution < -0.4 is 4.74 Å². The summed E-state index contributed by atoms with van der Waals surface area (Å²) in [5.41, 5.74) is 2.39. The molecule has 5 heteroatoms. The largest absolute Gasteiger partial charge is 0.493 e. The van der Waals surface area contributed by atoms with Crippen molar-refractivity contribution in [1.82, 2.24) is 9.97 Å². The number of benzene rings is 1. The van der Waals surface area contributed by atoms with E-state index in [1.165, 1.54) is 18.7 Å². The topological polar surface area (TPSA) is 52.1 Å². The van der Waals surface area contributed by atoms with Crippen LogP contribution >= 0.6 is 11.6 Å². The Morgan fingerprint density at radius 3 is 2.89 bits per heavy atom. The van der Waals surface area contributed by atoms with E-state index < -0.39 is 0 Å². The molecule has 2 aromatic rings. The average Bonchev–Trinajstić information content (AvgIpc) is 2.88. The fourth-order valence-corrected chi connectivity index (χ4v) is 2.46. The molecule has 4 nitrogen and oxygen atoms in total. The molecule has 0 aliphatic carbocycles. The number of halogens is 1. The zero-order valence-corrected chi connectivity index (χ0v) is 10.9. The Balaban J connectivity index is 1.90. The van der Waals surface area contributed by atoms with Crippen LogP contribution in [0.2, 0.25) is 5.02 Å². The van der Waals surface area contributed by atoms with Gasteiger partial charge < -0.3 is 4.74 Å². The molecule has 96 valence electrons. The van der Waals surface area contributed by atoms with Crippen LogP contribution in [0.3, 0.4) is 0 Å². The first-order valence-electron chi connectivity index (χ1n) is 5.96. The number of ketones is 1. The molecule has 2 heterocycles. The van der Waals surface area contributed by atoms with Gasteiger partial charge in [-0.25, -0.2) is 9.97 Å². The number of ether oxygens (including phenoxy) is 1. The number of Topliss-reactive ketones (excluding diaryl/α,β-unsaturated/α-hetero) is 1. The summed E-state index contributed by atoms with van der Waals surface area (Å²) in [6.45, 7) is 0.644. The second-order valence-corrected chi connectivity index (χ2v) is 4.82. The highest BCUT2D eigenvalue weighted by molar-refractivity contribution is 6.30. The molecule has 1 aromatic heterocycles. The fourth-order valence-electron chi connectivity index (χ4n) is 2.20. The first-order chi connectivity index (χ1) is 9.24. The van der Waals surface area contributed by atoms with E-state index in [1.54, 1.807) is 6.07 Å². The molecule has 1 aromatic carbocycles. The maximum atomic E-state index is 12.1. The minimum Gasteiger partial charge on any atom is -0.493 e. The zero-order chi connectivity index (χ0) is 13.2. The van der Waals surface area contributed by atoms with E-state index >= 15 is 0 Å². The molecule has 19 heavy (non-hydrogen) atoms. The molecule has 0 saturated heterocycles. The van der Waals surface area contributed by atoms with Crippen LogP contribution in [0.15, 0.2) is 30.9 Å². The summed E-state index contributed by atoms with van der Waals surface area (Å²) in [6.07, 6.45) is 5.51. The van der Waals surface area contributed by atoms with Crippen molar-refractivity contribution in [3.8, 4) is 5.75 Å². The third-order valence-corrected chi connectivity index (χ3v) is 3.28. The van der Waals surface area contributed by atoms with E-state index in [0.717, 1.165) is 23.3 Å². The van der Waals surface area contributed by atoms with Gasteiger partial charge in [0.15, 0.2) is 5.78 Å². The van der Waals surface area contributed by atoms with Gasteiger partial charge in [0.05, 0.1) is 12.2 Å². The van der Waals surface area contributed by atoms with Gasteiger partial charge in [-0.1, -0.05) is 11.6 Å². The summed E-state index contributed by atoms with van der Waals surface area (Å²) in [4.78, 5) is 19.8. The second-order valence-electron chi connectivity index (χ2n) is 4.38. The number of carbonyl (C=O) groups is 1. The van der Waals surface area contributed by atoms with E-state index in [2.05, 4.69) is 9.97 Å². The molecular formula is C14H11ClN2O2. The minimum absolute atomic E-state index is 0.0411. The molecule has 1 aliphatic heterocycles. The predicted molar refractivity (Wildman–Crippen MR) is 70.7 cm³/mol. The lowest BCUT2D eigenvalue weighted by Crippen LogP contribution is -2.05. The summed E-state index contributed by atoms with van der Waals surface area (Å²) in [6, 6.07) is 3.68. The van der Waals surface area contributed by atoms with E-state index in [-0.39, 0.29) is 12.2 Å². The van der Waals surface area contributed by atoms with Crippen LogP contribution in [0.25, 0.3) is 0 Å². The van der Waals surface area contributed by atoms with Gasteiger partial charge in [-0.05, 0) is 17.7 Å². The van der Waals surface area contributed by atoms with Gasteiger partial charge >= 0.3 is 0 Å². The summed E-state index contributed by atoms with van der Waals surface area (Å²) >= 11 is 6.07. The van der Waals surface area contributed by atoms with Gasteiger partial charge in [0.25, 0.3) is 0 Å². The third kappa shape index (κ3) is 2.44. The number of nitrogens with zero attached hydrogens (tertiary/aromatic N) is 2. The molecule has 0 amide bonds. The van der Waals surface area contributed by atoms with Crippen molar-refractivity contribution in [1.29, 1.82) is 0 Å². The zero-order valence-electron chi connectivity index (χ0n) is 10.1. The molecule has 0 spiro atoms. The molecule has 0 fully saturated rings. The normalized spacial score (nSPS) is 12.9. The number of fused-ring (bicyclic) bond motifs is 1. The summed E-state index contributed by atoms with van der Waals surface area (Å²) in [5, 5.41) is 0.636. The first-order valence-corrected chi connectivity index (χ1v) is 6.34. The lowest BCUT2D eigenvalue weighted by Gasteiger charge is -2.08. The van der Waals surface area contributed by atoms with Gasteiger partial charge in [-0.2, -0.15) is 0 Å². The van der Waals surface area contributed by atoms with Gasteiger partial charge in [0.1, 0.15) is 12.1 Å². The van der Waals surface area contributed by atoms with E-state index in [0.29, 0.717) is 17.2 Å². The fraction of sp³-hybridized carbons (Fsp3) is 0.214. The number of aromatic nitrogens is 2. The second kappa shape index (κ2) is 4.97. The molecule has 0 saturated carbocycles. The van der Waals surface area contributed by atoms with Gasteiger partial charge in [-0.3, -0.25) is 4.79 Å². The standard InChI is InChI=1S/C14H11ClN2O2/c15-12-3-9-1-2-19-14(9)10(4-12)5-13(18)11-6-16-8-17-7-11/h3-4,6-8H,1-2,5H2. The SMILES string of the molecule is O=C(Cc1cc(Cl)cc2c1OCC2)c1cncnc1. The van der Waals surface area contributed by atoms with Crippen molar-refractivity contribution in [2.45, 2.75) is 12.8 Å². The quantitative estimate of drug-likeness (QED) is 0.807. The van der Waals surface area contributed by atoms with Crippen LogP contribution in [-0.4, -0.2) is 22.4 Å². The van der Waals surface area contributed by atoms with Crippen molar-refractivity contribution in [2.75, 3.05) is 6.61 Å². The molecule has 0 N–H and O–H groups in total. The van der Waals surface area contributed by atoms with Gasteiger partial charge in [-0.15, -0.1) is 0 Å². The Morgan fingerprint density at radius 1 is 1.32 bits per heavy atom. The summed E-state index contributed by atoms with van der Waals surface area (Å²) in [5.74, 6) is 0.759.